The zero-order chi connectivity index (χ0) is 14.4. The number of benzene rings is 1. The van der Waals surface area contributed by atoms with Gasteiger partial charge in [-0.2, -0.15) is 0 Å². The molecule has 2 N–H and O–H groups in total. The average Bonchev–Trinajstić information content (AvgIpc) is 2.43. The van der Waals surface area contributed by atoms with Gasteiger partial charge in [-0.25, -0.2) is 4.79 Å². The summed E-state index contributed by atoms with van der Waals surface area (Å²) >= 11 is 3.11. The molecule has 0 saturated carbocycles. The van der Waals surface area contributed by atoms with Crippen molar-refractivity contribution >= 4 is 33.4 Å². The number of non-ortho nitro benzene ring substituents is 1. The number of nitro groups is 1. The van der Waals surface area contributed by atoms with E-state index in [1.54, 1.807) is 0 Å². The van der Waals surface area contributed by atoms with E-state index in [0.29, 0.717) is 12.0 Å². The van der Waals surface area contributed by atoms with Gasteiger partial charge in [0.05, 0.1) is 4.92 Å². The zero-order valence-electron chi connectivity index (χ0n) is 10.1. The summed E-state index contributed by atoms with van der Waals surface area (Å²) < 4.78 is 0. The summed E-state index contributed by atoms with van der Waals surface area (Å²) in [5.74, 6) is -0.577. The Labute approximate surface area is 117 Å². The molecule has 0 radical (unpaired) electrons. The first-order valence-electron chi connectivity index (χ1n) is 5.39. The molecule has 0 aromatic heterocycles. The lowest BCUT2D eigenvalue weighted by Gasteiger charge is -2.03. The number of hydrogen-bond acceptors (Lipinski definition) is 5. The summed E-state index contributed by atoms with van der Waals surface area (Å²) in [5.41, 5.74) is 5.97. The standard InChI is InChI=1S/C11H12BrN3O4/c1-2-9(12)11(16)19-14-10(13)7-3-5-8(6-4-7)15(17)18/h3-6,9H,2H2,1H3,(H2,13,14). The first-order valence-corrected chi connectivity index (χ1v) is 6.30. The lowest BCUT2D eigenvalue weighted by molar-refractivity contribution is -0.384. The predicted molar refractivity (Wildman–Crippen MR) is 72.9 cm³/mol. The zero-order valence-corrected chi connectivity index (χ0v) is 11.7. The molecule has 0 spiro atoms. The van der Waals surface area contributed by atoms with Gasteiger partial charge in [-0.15, -0.1) is 0 Å². The van der Waals surface area contributed by atoms with Gasteiger partial charge in [0.15, 0.2) is 5.84 Å². The van der Waals surface area contributed by atoms with Crippen molar-refractivity contribution < 1.29 is 14.6 Å². The molecule has 0 heterocycles. The van der Waals surface area contributed by atoms with Gasteiger partial charge in [-0.05, 0) is 18.6 Å². The van der Waals surface area contributed by atoms with E-state index in [1.807, 2.05) is 6.92 Å². The van der Waals surface area contributed by atoms with Gasteiger partial charge in [0.25, 0.3) is 5.69 Å². The molecular formula is C11H12BrN3O4. The van der Waals surface area contributed by atoms with Crippen LogP contribution >= 0.6 is 15.9 Å². The van der Waals surface area contributed by atoms with Crippen molar-refractivity contribution in [2.45, 2.75) is 18.2 Å². The maximum Gasteiger partial charge on any atom is 0.348 e. The highest BCUT2D eigenvalue weighted by Gasteiger charge is 2.14. The topological polar surface area (TPSA) is 108 Å². The highest BCUT2D eigenvalue weighted by Crippen LogP contribution is 2.12. The van der Waals surface area contributed by atoms with Crippen LogP contribution in [0.5, 0.6) is 0 Å². The molecule has 1 aromatic carbocycles. The second-order valence-corrected chi connectivity index (χ2v) is 4.67. The number of carbonyl (C=O) groups excluding carboxylic acids is 1. The Bertz CT molecular complexity index is 501. The molecule has 0 amide bonds. The van der Waals surface area contributed by atoms with E-state index < -0.39 is 15.7 Å². The Morgan fingerprint density at radius 2 is 2.11 bits per heavy atom. The number of alkyl halides is 1. The number of hydrogen-bond donors (Lipinski definition) is 1. The van der Waals surface area contributed by atoms with Crippen molar-refractivity contribution in [2.75, 3.05) is 0 Å². The summed E-state index contributed by atoms with van der Waals surface area (Å²) in [4.78, 5) is 25.5. The van der Waals surface area contributed by atoms with Crippen LogP contribution in [0.4, 0.5) is 5.69 Å². The normalized spacial score (nSPS) is 12.8. The molecule has 7 nitrogen and oxygen atoms in total. The highest BCUT2D eigenvalue weighted by molar-refractivity contribution is 9.10. The van der Waals surface area contributed by atoms with E-state index >= 15 is 0 Å². The fourth-order valence-electron chi connectivity index (χ4n) is 1.12. The van der Waals surface area contributed by atoms with Crippen LogP contribution in [0.1, 0.15) is 18.9 Å². The largest absolute Gasteiger partial charge is 0.380 e. The Kier molecular flexibility index (Phi) is 5.43. The molecule has 0 fully saturated rings. The third-order valence-corrected chi connectivity index (χ3v) is 3.24. The second-order valence-electron chi connectivity index (χ2n) is 3.57. The van der Waals surface area contributed by atoms with Crippen LogP contribution < -0.4 is 5.73 Å². The molecule has 0 aliphatic rings. The first-order chi connectivity index (χ1) is 8.95. The lowest BCUT2D eigenvalue weighted by Crippen LogP contribution is -2.18. The molecule has 0 aliphatic heterocycles. The number of amidine groups is 1. The molecular weight excluding hydrogens is 318 g/mol. The molecule has 0 aliphatic carbocycles. The first kappa shape index (κ1) is 15.1. The van der Waals surface area contributed by atoms with E-state index in [2.05, 4.69) is 25.9 Å². The molecule has 102 valence electrons. The van der Waals surface area contributed by atoms with E-state index in [9.17, 15) is 14.9 Å². The van der Waals surface area contributed by atoms with Crippen LogP contribution in [0.25, 0.3) is 0 Å². The van der Waals surface area contributed by atoms with Gasteiger partial charge in [-0.3, -0.25) is 10.1 Å². The van der Waals surface area contributed by atoms with Crippen molar-refractivity contribution in [2.24, 2.45) is 10.9 Å². The maximum atomic E-state index is 11.3. The van der Waals surface area contributed by atoms with E-state index in [4.69, 9.17) is 5.73 Å². The van der Waals surface area contributed by atoms with Crippen molar-refractivity contribution in [3.05, 3.63) is 39.9 Å². The number of nitro benzene ring substituents is 1. The van der Waals surface area contributed by atoms with Gasteiger partial charge in [0.1, 0.15) is 4.83 Å². The van der Waals surface area contributed by atoms with Crippen molar-refractivity contribution in [1.82, 2.24) is 0 Å². The van der Waals surface area contributed by atoms with Crippen molar-refractivity contribution in [1.29, 1.82) is 0 Å². The SMILES string of the molecule is CCC(Br)C(=O)O/N=C(\N)c1ccc([N+](=O)[O-])cc1. The minimum atomic E-state index is -0.549. The lowest BCUT2D eigenvalue weighted by atomic mass is 10.2. The number of nitrogens with two attached hydrogens (primary N) is 1. The van der Waals surface area contributed by atoms with Crippen LogP contribution in [-0.2, 0) is 9.63 Å². The van der Waals surface area contributed by atoms with Crippen LogP contribution in [0.2, 0.25) is 0 Å². The van der Waals surface area contributed by atoms with Gasteiger partial charge in [-0.1, -0.05) is 28.0 Å². The smallest absolute Gasteiger partial charge is 0.348 e. The summed E-state index contributed by atoms with van der Waals surface area (Å²) in [7, 11) is 0. The van der Waals surface area contributed by atoms with E-state index in [1.165, 1.54) is 24.3 Å². The number of halogens is 1. The molecule has 1 unspecified atom stereocenters. The molecule has 1 aromatic rings. The molecule has 1 atom stereocenters. The fourth-order valence-corrected chi connectivity index (χ4v) is 1.21. The van der Waals surface area contributed by atoms with E-state index in [0.717, 1.165) is 0 Å². The van der Waals surface area contributed by atoms with Gasteiger partial charge in [0.2, 0.25) is 0 Å². The molecule has 19 heavy (non-hydrogen) atoms. The Balaban J connectivity index is 2.74. The summed E-state index contributed by atoms with van der Waals surface area (Å²) in [5, 5.41) is 14.0. The van der Waals surface area contributed by atoms with Gasteiger partial charge in [0, 0.05) is 17.7 Å². The third-order valence-electron chi connectivity index (χ3n) is 2.22. The Morgan fingerprint density at radius 1 is 1.53 bits per heavy atom. The van der Waals surface area contributed by atoms with Crippen molar-refractivity contribution in [3.8, 4) is 0 Å². The van der Waals surface area contributed by atoms with E-state index in [-0.39, 0.29) is 11.5 Å². The summed E-state index contributed by atoms with van der Waals surface area (Å²) in [6.07, 6.45) is 0.561. The van der Waals surface area contributed by atoms with Crippen LogP contribution in [-0.4, -0.2) is 21.6 Å². The van der Waals surface area contributed by atoms with Gasteiger partial charge < -0.3 is 10.6 Å². The monoisotopic (exact) mass is 329 g/mol. The van der Waals surface area contributed by atoms with Crippen molar-refractivity contribution in [3.63, 3.8) is 0 Å². The molecule has 1 rings (SSSR count). The number of nitrogens with zero attached hydrogens (tertiary/aromatic N) is 2. The second kappa shape index (κ2) is 6.83. The minimum Gasteiger partial charge on any atom is -0.380 e. The van der Waals surface area contributed by atoms with Crippen LogP contribution in [0.15, 0.2) is 29.4 Å². The van der Waals surface area contributed by atoms with Crippen LogP contribution in [0.3, 0.4) is 0 Å². The summed E-state index contributed by atoms with van der Waals surface area (Å²) in [6, 6.07) is 5.43. The molecule has 0 saturated heterocycles. The number of carbonyl (C=O) groups is 1. The quantitative estimate of drug-likeness (QED) is 0.222. The Morgan fingerprint density at radius 3 is 2.58 bits per heavy atom. The number of oxime groups is 1. The minimum absolute atomic E-state index is 0.0287. The summed E-state index contributed by atoms with van der Waals surface area (Å²) in [6.45, 7) is 1.81. The maximum absolute atomic E-state index is 11.3. The fraction of sp³-hybridized carbons (Fsp3) is 0.273. The average molecular weight is 330 g/mol. The number of rotatable bonds is 5. The highest BCUT2D eigenvalue weighted by atomic mass is 79.9. The van der Waals surface area contributed by atoms with Crippen LogP contribution in [0, 0.1) is 10.1 Å². The Hall–Kier alpha value is -1.96. The predicted octanol–water partition coefficient (Wildman–Crippen LogP) is 1.93. The van der Waals surface area contributed by atoms with Gasteiger partial charge >= 0.3 is 5.97 Å². The molecule has 8 heteroatoms. The third kappa shape index (κ3) is 4.32. The molecule has 0 bridgehead atoms.